The zero-order valence-corrected chi connectivity index (χ0v) is 9.73. The van der Waals surface area contributed by atoms with Gasteiger partial charge in [0.05, 0.1) is 6.54 Å². The Morgan fingerprint density at radius 2 is 2.06 bits per heavy atom. The van der Waals surface area contributed by atoms with Gasteiger partial charge in [-0.15, -0.1) is 0 Å². The maximum atomic E-state index is 8.13. The molecule has 1 aromatic carbocycles. The van der Waals surface area contributed by atoms with Gasteiger partial charge in [0, 0.05) is 12.1 Å². The number of benzene rings is 1. The van der Waals surface area contributed by atoms with Crippen molar-refractivity contribution in [2.24, 2.45) is 0 Å². The first-order valence-electron chi connectivity index (χ1n) is 5.71. The normalized spacial score (nSPS) is 14.2. The smallest absolute Gasteiger partial charge is 0.129 e. The quantitative estimate of drug-likeness (QED) is 0.855. The maximum Gasteiger partial charge on any atom is 0.129 e. The number of nitrogens with zero attached hydrogens (tertiary/aromatic N) is 1. The van der Waals surface area contributed by atoms with Gasteiger partial charge in [-0.25, -0.2) is 0 Å². The van der Waals surface area contributed by atoms with Gasteiger partial charge in [-0.1, -0.05) is 24.3 Å². The monoisotopic (exact) mass is 226 g/mol. The van der Waals surface area contributed by atoms with Crippen molar-refractivity contribution in [2.45, 2.75) is 20.0 Å². The second kappa shape index (κ2) is 3.77. The minimum absolute atomic E-state index is 0.592. The van der Waals surface area contributed by atoms with E-state index in [2.05, 4.69) is 6.07 Å². The Hall–Kier alpha value is -2.03. The predicted molar refractivity (Wildman–Crippen MR) is 66.0 cm³/mol. The van der Waals surface area contributed by atoms with Gasteiger partial charge in [-0.2, -0.15) is 0 Å². The van der Waals surface area contributed by atoms with Crippen molar-refractivity contribution in [1.29, 1.82) is 5.41 Å². The molecule has 3 rings (SSSR count). The van der Waals surface area contributed by atoms with Gasteiger partial charge in [0.25, 0.3) is 0 Å². The van der Waals surface area contributed by atoms with E-state index in [0.29, 0.717) is 12.4 Å². The van der Waals surface area contributed by atoms with E-state index in [9.17, 15) is 0 Å². The van der Waals surface area contributed by atoms with E-state index in [-0.39, 0.29) is 0 Å². The van der Waals surface area contributed by atoms with Crippen LogP contribution >= 0.6 is 0 Å². The summed E-state index contributed by atoms with van der Waals surface area (Å²) in [5.74, 6) is 2.43. The molecule has 86 valence electrons. The van der Waals surface area contributed by atoms with Crippen molar-refractivity contribution < 1.29 is 4.42 Å². The van der Waals surface area contributed by atoms with Crippen molar-refractivity contribution in [3.63, 3.8) is 0 Å². The largest absolute Gasteiger partial charge is 0.464 e. The molecule has 17 heavy (non-hydrogen) atoms. The fourth-order valence-electron chi connectivity index (χ4n) is 2.24. The average Bonchev–Trinajstić information content (AvgIpc) is 2.86. The van der Waals surface area contributed by atoms with Crippen molar-refractivity contribution in [1.82, 2.24) is 4.90 Å². The van der Waals surface area contributed by atoms with Crippen molar-refractivity contribution in [2.75, 3.05) is 0 Å². The minimum Gasteiger partial charge on any atom is -0.464 e. The van der Waals surface area contributed by atoms with Gasteiger partial charge < -0.3 is 9.32 Å². The lowest BCUT2D eigenvalue weighted by Crippen LogP contribution is -2.22. The van der Waals surface area contributed by atoms with Gasteiger partial charge in [-0.05, 0) is 24.6 Å². The first-order valence-corrected chi connectivity index (χ1v) is 5.71. The first-order chi connectivity index (χ1) is 8.24. The summed E-state index contributed by atoms with van der Waals surface area (Å²) in [6.07, 6.45) is 0. The number of amidine groups is 1. The molecule has 1 N–H and O–H groups in total. The fraction of sp³-hybridized carbons (Fsp3) is 0.214. The highest BCUT2D eigenvalue weighted by molar-refractivity contribution is 6.00. The summed E-state index contributed by atoms with van der Waals surface area (Å²) in [6.45, 7) is 3.41. The standard InChI is InChI=1S/C14H14N2O/c1-10-6-7-12(17-10)9-16-8-11-4-2-3-5-13(11)14(16)15/h2-7,15H,8-9H2,1H3. The number of furan rings is 1. The van der Waals surface area contributed by atoms with Crippen LogP contribution in [0.2, 0.25) is 0 Å². The van der Waals surface area contributed by atoms with E-state index < -0.39 is 0 Å². The Balaban J connectivity index is 1.82. The summed E-state index contributed by atoms with van der Waals surface area (Å²) >= 11 is 0. The fourth-order valence-corrected chi connectivity index (χ4v) is 2.24. The molecule has 0 bridgehead atoms. The van der Waals surface area contributed by atoms with Crippen LogP contribution in [0.3, 0.4) is 0 Å². The van der Waals surface area contributed by atoms with E-state index in [1.807, 2.05) is 42.2 Å². The molecule has 1 aromatic heterocycles. The number of nitrogens with one attached hydrogen (secondary N) is 1. The second-order valence-corrected chi connectivity index (χ2v) is 4.37. The van der Waals surface area contributed by atoms with E-state index >= 15 is 0 Å². The zero-order chi connectivity index (χ0) is 11.8. The van der Waals surface area contributed by atoms with Crippen molar-refractivity contribution in [3.8, 4) is 0 Å². The molecule has 3 heteroatoms. The Kier molecular flexibility index (Phi) is 2.25. The molecule has 0 unspecified atom stereocenters. The summed E-state index contributed by atoms with van der Waals surface area (Å²) in [6, 6.07) is 12.0. The van der Waals surface area contributed by atoms with Gasteiger partial charge in [0.1, 0.15) is 17.4 Å². The van der Waals surface area contributed by atoms with Gasteiger partial charge in [-0.3, -0.25) is 5.41 Å². The topological polar surface area (TPSA) is 40.2 Å². The third kappa shape index (κ3) is 1.73. The van der Waals surface area contributed by atoms with Crippen LogP contribution in [0.5, 0.6) is 0 Å². The van der Waals surface area contributed by atoms with Crippen LogP contribution in [0.25, 0.3) is 0 Å². The van der Waals surface area contributed by atoms with Crippen molar-refractivity contribution in [3.05, 3.63) is 59.0 Å². The number of rotatable bonds is 2. The SMILES string of the molecule is Cc1ccc(CN2Cc3ccccc3C2=N)o1. The van der Waals surface area contributed by atoms with Crippen molar-refractivity contribution >= 4 is 5.84 Å². The number of aryl methyl sites for hydroxylation is 1. The van der Waals surface area contributed by atoms with Crippen LogP contribution in [0, 0.1) is 12.3 Å². The molecule has 0 spiro atoms. The van der Waals surface area contributed by atoms with Crippen LogP contribution in [-0.2, 0) is 13.1 Å². The highest BCUT2D eigenvalue weighted by Crippen LogP contribution is 2.24. The summed E-state index contributed by atoms with van der Waals surface area (Å²) < 4.78 is 5.55. The molecule has 0 saturated carbocycles. The Labute approximate surface area is 100 Å². The van der Waals surface area contributed by atoms with E-state index in [0.717, 1.165) is 23.6 Å². The lowest BCUT2D eigenvalue weighted by Gasteiger charge is -2.15. The minimum atomic E-state index is 0.592. The number of hydrogen-bond acceptors (Lipinski definition) is 2. The van der Waals surface area contributed by atoms with Crippen LogP contribution in [0.15, 0.2) is 40.8 Å². The third-order valence-corrected chi connectivity index (χ3v) is 3.09. The first kappa shape index (κ1) is 10.1. The van der Waals surface area contributed by atoms with Crippen LogP contribution in [-0.4, -0.2) is 10.7 Å². The molecule has 1 aliphatic rings. The Morgan fingerprint density at radius 3 is 2.76 bits per heavy atom. The molecule has 3 nitrogen and oxygen atoms in total. The molecular weight excluding hydrogens is 212 g/mol. The van der Waals surface area contributed by atoms with E-state index in [1.165, 1.54) is 5.56 Å². The summed E-state index contributed by atoms with van der Waals surface area (Å²) in [5, 5.41) is 8.13. The number of hydrogen-bond donors (Lipinski definition) is 1. The van der Waals surface area contributed by atoms with Gasteiger partial charge in [0.15, 0.2) is 0 Å². The van der Waals surface area contributed by atoms with E-state index in [1.54, 1.807) is 0 Å². The lowest BCUT2D eigenvalue weighted by molar-refractivity contribution is 0.360. The molecule has 2 aromatic rings. The van der Waals surface area contributed by atoms with Crippen LogP contribution < -0.4 is 0 Å². The molecule has 0 amide bonds. The molecular formula is C14H14N2O. The molecule has 0 aliphatic carbocycles. The molecule has 0 atom stereocenters. The molecule has 0 saturated heterocycles. The third-order valence-electron chi connectivity index (χ3n) is 3.09. The summed E-state index contributed by atoms with van der Waals surface area (Å²) in [4.78, 5) is 2.03. The van der Waals surface area contributed by atoms with Crippen LogP contribution in [0.4, 0.5) is 0 Å². The molecule has 0 radical (unpaired) electrons. The molecule has 2 heterocycles. The average molecular weight is 226 g/mol. The lowest BCUT2D eigenvalue weighted by atomic mass is 10.1. The van der Waals surface area contributed by atoms with Gasteiger partial charge in [0.2, 0.25) is 0 Å². The maximum absolute atomic E-state index is 8.13. The van der Waals surface area contributed by atoms with Gasteiger partial charge >= 0.3 is 0 Å². The van der Waals surface area contributed by atoms with E-state index in [4.69, 9.17) is 9.83 Å². The van der Waals surface area contributed by atoms with Crippen LogP contribution in [0.1, 0.15) is 22.6 Å². The summed E-state index contributed by atoms with van der Waals surface area (Å²) in [7, 11) is 0. The number of fused-ring (bicyclic) bond motifs is 1. The summed E-state index contributed by atoms with van der Waals surface area (Å²) in [5.41, 5.74) is 2.26. The Bertz CT molecular complexity index is 571. The predicted octanol–water partition coefficient (Wildman–Crippen LogP) is 2.93. The highest BCUT2D eigenvalue weighted by atomic mass is 16.3. The highest BCUT2D eigenvalue weighted by Gasteiger charge is 2.24. The molecule has 0 fully saturated rings. The molecule has 1 aliphatic heterocycles. The Morgan fingerprint density at radius 1 is 1.24 bits per heavy atom. The zero-order valence-electron chi connectivity index (χ0n) is 9.73. The second-order valence-electron chi connectivity index (χ2n) is 4.37.